The summed E-state index contributed by atoms with van der Waals surface area (Å²) in [7, 11) is 3.66. The number of hydrogen-bond donors (Lipinski definition) is 2. The van der Waals surface area contributed by atoms with E-state index < -0.39 is 0 Å². The van der Waals surface area contributed by atoms with Crippen LogP contribution in [0.25, 0.3) is 0 Å². The van der Waals surface area contributed by atoms with Crippen LogP contribution in [0.15, 0.2) is 29.3 Å². The van der Waals surface area contributed by atoms with Crippen LogP contribution in [0.1, 0.15) is 49.8 Å². The van der Waals surface area contributed by atoms with E-state index in [1.54, 1.807) is 7.11 Å². The van der Waals surface area contributed by atoms with E-state index in [0.29, 0.717) is 19.1 Å². The van der Waals surface area contributed by atoms with Crippen molar-refractivity contribution >= 4 is 29.9 Å². The van der Waals surface area contributed by atoms with Crippen molar-refractivity contribution in [2.45, 2.75) is 58.7 Å². The summed E-state index contributed by atoms with van der Waals surface area (Å²) in [5, 5.41) is 15.3. The lowest BCUT2D eigenvalue weighted by Crippen LogP contribution is -2.46. The number of aryl methyl sites for hydroxylation is 1. The molecule has 0 radical (unpaired) electrons. The summed E-state index contributed by atoms with van der Waals surface area (Å²) < 4.78 is 7.24. The van der Waals surface area contributed by atoms with Gasteiger partial charge in [0.1, 0.15) is 11.6 Å². The van der Waals surface area contributed by atoms with E-state index in [2.05, 4.69) is 32.7 Å². The third-order valence-corrected chi connectivity index (χ3v) is 6.09. The Morgan fingerprint density at radius 2 is 1.97 bits per heavy atom. The minimum Gasteiger partial charge on any atom is -0.497 e. The van der Waals surface area contributed by atoms with Gasteiger partial charge in [0.05, 0.1) is 20.2 Å². The smallest absolute Gasteiger partial charge is 0.192 e. The molecule has 8 nitrogen and oxygen atoms in total. The van der Waals surface area contributed by atoms with Crippen molar-refractivity contribution in [2.75, 3.05) is 26.7 Å². The Balaban J connectivity index is 0.00000363. The number of nitrogens with zero attached hydrogens (tertiary/aromatic N) is 5. The van der Waals surface area contributed by atoms with E-state index in [-0.39, 0.29) is 24.0 Å². The summed E-state index contributed by atoms with van der Waals surface area (Å²) >= 11 is 0. The molecular formula is C23H38IN7O. The molecular weight excluding hydrogens is 517 g/mol. The quantitative estimate of drug-likeness (QED) is 0.281. The summed E-state index contributed by atoms with van der Waals surface area (Å²) in [6.45, 7) is 8.52. The molecule has 0 amide bonds. The first-order valence-corrected chi connectivity index (χ1v) is 11.3. The third kappa shape index (κ3) is 7.61. The number of benzene rings is 1. The molecule has 1 unspecified atom stereocenters. The Labute approximate surface area is 209 Å². The number of piperidine rings is 1. The van der Waals surface area contributed by atoms with Crippen molar-refractivity contribution in [3.05, 3.63) is 41.5 Å². The maximum Gasteiger partial charge on any atom is 0.192 e. The highest BCUT2D eigenvalue weighted by Gasteiger charge is 2.20. The Kier molecular flexibility index (Phi) is 11.2. The van der Waals surface area contributed by atoms with Crippen molar-refractivity contribution < 1.29 is 4.74 Å². The van der Waals surface area contributed by atoms with E-state index >= 15 is 0 Å². The van der Waals surface area contributed by atoms with Gasteiger partial charge in [-0.1, -0.05) is 25.5 Å². The first-order valence-electron chi connectivity index (χ1n) is 11.3. The van der Waals surface area contributed by atoms with Gasteiger partial charge >= 0.3 is 0 Å². The molecule has 3 rings (SSSR count). The van der Waals surface area contributed by atoms with Crippen LogP contribution in [0.4, 0.5) is 0 Å². The largest absolute Gasteiger partial charge is 0.497 e. The average Bonchev–Trinajstić information content (AvgIpc) is 3.13. The number of nitrogens with one attached hydrogen (secondary N) is 2. The molecule has 1 aliphatic heterocycles. The number of likely N-dealkylation sites (tertiary alicyclic amines) is 1. The molecule has 0 bridgehead atoms. The minimum atomic E-state index is 0. The van der Waals surface area contributed by atoms with Crippen LogP contribution >= 0.6 is 24.0 Å². The van der Waals surface area contributed by atoms with Gasteiger partial charge in [-0.25, -0.2) is 4.99 Å². The molecule has 2 aromatic rings. The predicted molar refractivity (Wildman–Crippen MR) is 140 cm³/mol. The van der Waals surface area contributed by atoms with Crippen molar-refractivity contribution in [2.24, 2.45) is 12.0 Å². The van der Waals surface area contributed by atoms with Gasteiger partial charge in [0.2, 0.25) is 0 Å². The lowest BCUT2D eigenvalue weighted by Gasteiger charge is -2.35. The number of rotatable bonds is 9. The van der Waals surface area contributed by atoms with Crippen LogP contribution in [-0.2, 0) is 20.1 Å². The predicted octanol–water partition coefficient (Wildman–Crippen LogP) is 3.25. The monoisotopic (exact) mass is 555 g/mol. The Morgan fingerprint density at radius 3 is 2.62 bits per heavy atom. The van der Waals surface area contributed by atoms with E-state index in [1.807, 2.05) is 42.8 Å². The molecule has 1 aliphatic rings. The van der Waals surface area contributed by atoms with E-state index in [0.717, 1.165) is 42.0 Å². The van der Waals surface area contributed by atoms with E-state index in [1.165, 1.54) is 32.2 Å². The molecule has 178 valence electrons. The molecule has 0 saturated carbocycles. The second-order valence-corrected chi connectivity index (χ2v) is 8.11. The van der Waals surface area contributed by atoms with E-state index in [4.69, 9.17) is 9.73 Å². The van der Waals surface area contributed by atoms with Crippen LogP contribution in [0.5, 0.6) is 5.75 Å². The van der Waals surface area contributed by atoms with Gasteiger partial charge in [-0.15, -0.1) is 34.2 Å². The summed E-state index contributed by atoms with van der Waals surface area (Å²) in [5.74, 6) is 3.44. The first kappa shape index (κ1) is 26.4. The highest BCUT2D eigenvalue weighted by Crippen LogP contribution is 2.18. The zero-order valence-corrected chi connectivity index (χ0v) is 22.1. The molecule has 1 aromatic carbocycles. The minimum absolute atomic E-state index is 0. The number of hydrogen-bond acceptors (Lipinski definition) is 5. The molecule has 0 aliphatic carbocycles. The topological polar surface area (TPSA) is 79.6 Å². The van der Waals surface area contributed by atoms with Gasteiger partial charge in [0.25, 0.3) is 0 Å². The summed E-state index contributed by atoms with van der Waals surface area (Å²) in [5.41, 5.74) is 1.14. The molecule has 2 N–H and O–H groups in total. The van der Waals surface area contributed by atoms with Crippen molar-refractivity contribution in [3.8, 4) is 5.75 Å². The molecule has 2 heterocycles. The van der Waals surface area contributed by atoms with Gasteiger partial charge in [0, 0.05) is 26.2 Å². The summed E-state index contributed by atoms with van der Waals surface area (Å²) in [6.07, 6.45) is 5.20. The van der Waals surface area contributed by atoms with Crippen molar-refractivity contribution in [1.29, 1.82) is 0 Å². The zero-order chi connectivity index (χ0) is 22.1. The van der Waals surface area contributed by atoms with Crippen LogP contribution in [-0.4, -0.2) is 58.4 Å². The van der Waals surface area contributed by atoms with Crippen LogP contribution < -0.4 is 15.4 Å². The number of halogens is 1. The number of guanidine groups is 1. The number of ether oxygens (including phenoxy) is 1. The fourth-order valence-electron chi connectivity index (χ4n) is 3.98. The second-order valence-electron chi connectivity index (χ2n) is 8.11. The van der Waals surface area contributed by atoms with Crippen molar-refractivity contribution in [1.82, 2.24) is 30.3 Å². The van der Waals surface area contributed by atoms with Crippen LogP contribution in [0, 0.1) is 6.92 Å². The lowest BCUT2D eigenvalue weighted by atomic mass is 10.0. The van der Waals surface area contributed by atoms with Gasteiger partial charge in [-0.2, -0.15) is 0 Å². The average molecular weight is 556 g/mol. The van der Waals surface area contributed by atoms with E-state index in [9.17, 15) is 0 Å². The fraction of sp³-hybridized carbons (Fsp3) is 0.609. The Bertz CT molecular complexity index is 837. The Hall–Kier alpha value is -1.88. The molecule has 1 atom stereocenters. The first-order chi connectivity index (χ1) is 15.1. The summed E-state index contributed by atoms with van der Waals surface area (Å²) in [6, 6.07) is 8.74. The normalized spacial score (nSPS) is 17.0. The zero-order valence-electron chi connectivity index (χ0n) is 19.8. The fourth-order valence-corrected chi connectivity index (χ4v) is 3.98. The lowest BCUT2D eigenvalue weighted by molar-refractivity contribution is 0.147. The van der Waals surface area contributed by atoms with Crippen LogP contribution in [0.3, 0.4) is 0 Å². The number of methoxy groups -OCH3 is 1. The Morgan fingerprint density at radius 1 is 1.19 bits per heavy atom. The number of aromatic nitrogens is 3. The highest BCUT2D eigenvalue weighted by molar-refractivity contribution is 14.0. The highest BCUT2D eigenvalue weighted by atomic mass is 127. The third-order valence-electron chi connectivity index (χ3n) is 6.09. The van der Waals surface area contributed by atoms with Gasteiger partial charge in [-0.3, -0.25) is 4.90 Å². The molecule has 1 fully saturated rings. The molecule has 9 heteroatoms. The number of aliphatic imine (C=N–C) groups is 1. The van der Waals surface area contributed by atoms with Crippen LogP contribution in [0.2, 0.25) is 0 Å². The molecule has 1 saturated heterocycles. The van der Waals surface area contributed by atoms with Crippen molar-refractivity contribution in [3.63, 3.8) is 0 Å². The maximum atomic E-state index is 5.24. The van der Waals surface area contributed by atoms with Gasteiger partial charge < -0.3 is 19.9 Å². The second kappa shape index (κ2) is 13.6. The molecule has 32 heavy (non-hydrogen) atoms. The summed E-state index contributed by atoms with van der Waals surface area (Å²) in [4.78, 5) is 7.42. The molecule has 0 spiro atoms. The standard InChI is InChI=1S/C23H37N7O.HI/c1-5-20-8-6-7-14-30(20)15-13-24-23(26-17-22-28-27-18(2)29(22)3)25-16-19-9-11-21(31-4)12-10-19;/h9-12,20H,5-8,13-17H2,1-4H3,(H2,24,25,26);1H. The SMILES string of the molecule is CCC1CCCCN1CCNC(=NCc1ccc(OC)cc1)NCc1nnc(C)n1C.I. The van der Waals surface area contributed by atoms with Gasteiger partial charge in [-0.05, 0) is 50.4 Å². The molecule has 1 aromatic heterocycles. The maximum absolute atomic E-state index is 5.24. The van der Waals surface area contributed by atoms with Gasteiger partial charge in [0.15, 0.2) is 11.8 Å².